The maximum Gasteiger partial charge on any atom is 0.239 e. The van der Waals surface area contributed by atoms with Crippen molar-refractivity contribution in [3.05, 3.63) is 36.0 Å². The minimum Gasteiger partial charge on any atom is -0.341 e. The first-order chi connectivity index (χ1) is 13.7. The van der Waals surface area contributed by atoms with E-state index in [-0.39, 0.29) is 23.7 Å². The summed E-state index contributed by atoms with van der Waals surface area (Å²) in [5, 5.41) is 4.00. The van der Waals surface area contributed by atoms with E-state index in [4.69, 9.17) is 10.9 Å². The largest absolute Gasteiger partial charge is 0.341 e. The molecule has 0 aliphatic carbocycles. The van der Waals surface area contributed by atoms with Crippen LogP contribution in [0.25, 0.3) is 11.4 Å². The summed E-state index contributed by atoms with van der Waals surface area (Å²) in [5.41, 5.74) is 0.578. The van der Waals surface area contributed by atoms with Crippen LogP contribution in [0.4, 0.5) is 4.39 Å². The Morgan fingerprint density at radius 2 is 2.18 bits per heavy atom. The average molecular weight is 382 g/mol. The summed E-state index contributed by atoms with van der Waals surface area (Å²) in [4.78, 5) is 21.5. The van der Waals surface area contributed by atoms with Gasteiger partial charge in [0.05, 0.1) is 18.5 Å². The van der Waals surface area contributed by atoms with Crippen molar-refractivity contribution in [1.29, 1.82) is 0 Å². The lowest BCUT2D eigenvalue weighted by molar-refractivity contribution is -0.137. The van der Waals surface area contributed by atoms with Crippen LogP contribution >= 0.6 is 0 Å². The number of halogens is 1. The monoisotopic (exact) mass is 382 g/mol. The predicted molar refractivity (Wildman–Crippen MR) is 102 cm³/mol. The SMILES string of the molecule is C#CCN1CCC[C@H]1C(=O)N1CCC[C@H](c2nc(-c3cccc(F)c3)no2)C1. The Bertz CT molecular complexity index is 891. The number of aromatic nitrogens is 2. The zero-order valence-electron chi connectivity index (χ0n) is 15.7. The molecule has 0 spiro atoms. The topological polar surface area (TPSA) is 62.5 Å². The van der Waals surface area contributed by atoms with Gasteiger partial charge in [-0.1, -0.05) is 23.2 Å². The van der Waals surface area contributed by atoms with E-state index in [2.05, 4.69) is 21.0 Å². The third kappa shape index (κ3) is 3.78. The fourth-order valence-corrected chi connectivity index (χ4v) is 4.15. The average Bonchev–Trinajstić information content (AvgIpc) is 3.38. The Hall–Kier alpha value is -2.72. The molecule has 4 rings (SSSR count). The molecule has 2 saturated heterocycles. The van der Waals surface area contributed by atoms with Crippen LogP contribution in [0, 0.1) is 18.2 Å². The van der Waals surface area contributed by atoms with Gasteiger partial charge in [0, 0.05) is 18.7 Å². The fourth-order valence-electron chi connectivity index (χ4n) is 4.15. The molecule has 0 radical (unpaired) electrons. The van der Waals surface area contributed by atoms with E-state index in [1.165, 1.54) is 12.1 Å². The Morgan fingerprint density at radius 3 is 3.00 bits per heavy atom. The van der Waals surface area contributed by atoms with Gasteiger partial charge in [0.15, 0.2) is 0 Å². The number of nitrogens with zero attached hydrogens (tertiary/aromatic N) is 4. The van der Waals surface area contributed by atoms with Gasteiger partial charge in [0.1, 0.15) is 5.82 Å². The third-order valence-electron chi connectivity index (χ3n) is 5.55. The van der Waals surface area contributed by atoms with Gasteiger partial charge >= 0.3 is 0 Å². The van der Waals surface area contributed by atoms with Gasteiger partial charge in [-0.2, -0.15) is 4.98 Å². The number of carbonyl (C=O) groups excluding carboxylic acids is 1. The molecular weight excluding hydrogens is 359 g/mol. The van der Waals surface area contributed by atoms with Gasteiger partial charge in [-0.3, -0.25) is 9.69 Å². The van der Waals surface area contributed by atoms with Crippen molar-refractivity contribution in [2.24, 2.45) is 0 Å². The van der Waals surface area contributed by atoms with Crippen LogP contribution in [0.15, 0.2) is 28.8 Å². The zero-order chi connectivity index (χ0) is 19.5. The number of likely N-dealkylation sites (tertiary alicyclic amines) is 2. The molecule has 2 aliphatic heterocycles. The highest BCUT2D eigenvalue weighted by Gasteiger charge is 2.36. The Balaban J connectivity index is 1.46. The van der Waals surface area contributed by atoms with Crippen molar-refractivity contribution >= 4 is 5.91 Å². The van der Waals surface area contributed by atoms with Crippen LogP contribution in [-0.4, -0.2) is 58.1 Å². The van der Waals surface area contributed by atoms with E-state index >= 15 is 0 Å². The number of terminal acetylenes is 1. The number of piperidine rings is 1. The minimum absolute atomic E-state index is 0.00463. The normalized spacial score (nSPS) is 22.9. The first-order valence-corrected chi connectivity index (χ1v) is 9.71. The lowest BCUT2D eigenvalue weighted by Gasteiger charge is -2.34. The van der Waals surface area contributed by atoms with Gasteiger partial charge in [-0.25, -0.2) is 4.39 Å². The molecule has 28 heavy (non-hydrogen) atoms. The van der Waals surface area contributed by atoms with Gasteiger partial charge < -0.3 is 9.42 Å². The van der Waals surface area contributed by atoms with E-state index in [0.717, 1.165) is 38.8 Å². The maximum absolute atomic E-state index is 13.4. The van der Waals surface area contributed by atoms with E-state index in [0.29, 0.717) is 30.4 Å². The summed E-state index contributed by atoms with van der Waals surface area (Å²) in [5.74, 6) is 3.32. The summed E-state index contributed by atoms with van der Waals surface area (Å²) >= 11 is 0. The predicted octanol–water partition coefficient (Wildman–Crippen LogP) is 2.68. The van der Waals surface area contributed by atoms with Crippen LogP contribution in [0.5, 0.6) is 0 Å². The number of hydrogen-bond acceptors (Lipinski definition) is 5. The molecule has 3 heterocycles. The fraction of sp³-hybridized carbons (Fsp3) is 0.476. The van der Waals surface area contributed by atoms with E-state index in [9.17, 15) is 9.18 Å². The van der Waals surface area contributed by atoms with Gasteiger partial charge in [-0.15, -0.1) is 6.42 Å². The van der Waals surface area contributed by atoms with Crippen molar-refractivity contribution in [2.45, 2.75) is 37.6 Å². The molecule has 2 fully saturated rings. The number of amides is 1. The summed E-state index contributed by atoms with van der Waals surface area (Å²) < 4.78 is 18.9. The molecule has 7 heteroatoms. The Kier molecular flexibility index (Phi) is 5.40. The second kappa shape index (κ2) is 8.11. The van der Waals surface area contributed by atoms with Crippen LogP contribution in [-0.2, 0) is 4.79 Å². The lowest BCUT2D eigenvalue weighted by atomic mass is 9.97. The van der Waals surface area contributed by atoms with E-state index in [1.54, 1.807) is 12.1 Å². The second-order valence-electron chi connectivity index (χ2n) is 7.42. The molecule has 1 aromatic heterocycles. The van der Waals surface area contributed by atoms with Crippen molar-refractivity contribution in [3.8, 4) is 23.7 Å². The summed E-state index contributed by atoms with van der Waals surface area (Å²) in [6.45, 7) is 2.68. The van der Waals surface area contributed by atoms with Crippen molar-refractivity contribution in [2.75, 3.05) is 26.2 Å². The van der Waals surface area contributed by atoms with Crippen molar-refractivity contribution in [3.63, 3.8) is 0 Å². The number of benzene rings is 1. The summed E-state index contributed by atoms with van der Waals surface area (Å²) in [6, 6.07) is 5.99. The molecule has 0 saturated carbocycles. The zero-order valence-corrected chi connectivity index (χ0v) is 15.7. The molecule has 1 amide bonds. The molecule has 2 atom stereocenters. The Labute approximate surface area is 163 Å². The molecule has 0 N–H and O–H groups in total. The van der Waals surface area contributed by atoms with Crippen molar-refractivity contribution in [1.82, 2.24) is 19.9 Å². The summed E-state index contributed by atoms with van der Waals surface area (Å²) in [6.07, 6.45) is 9.06. The van der Waals surface area contributed by atoms with Crippen LogP contribution in [0.3, 0.4) is 0 Å². The molecule has 6 nitrogen and oxygen atoms in total. The van der Waals surface area contributed by atoms with Gasteiger partial charge in [0.2, 0.25) is 17.6 Å². The molecule has 1 aromatic carbocycles. The maximum atomic E-state index is 13.4. The molecule has 2 aromatic rings. The van der Waals surface area contributed by atoms with Crippen LogP contribution in [0.2, 0.25) is 0 Å². The second-order valence-corrected chi connectivity index (χ2v) is 7.42. The smallest absolute Gasteiger partial charge is 0.239 e. The van der Waals surface area contributed by atoms with Crippen LogP contribution in [0.1, 0.15) is 37.5 Å². The third-order valence-corrected chi connectivity index (χ3v) is 5.55. The summed E-state index contributed by atoms with van der Waals surface area (Å²) in [7, 11) is 0. The number of hydrogen-bond donors (Lipinski definition) is 0. The van der Waals surface area contributed by atoms with E-state index < -0.39 is 0 Å². The molecule has 146 valence electrons. The molecule has 0 bridgehead atoms. The highest BCUT2D eigenvalue weighted by molar-refractivity contribution is 5.82. The number of rotatable bonds is 4. The first-order valence-electron chi connectivity index (χ1n) is 9.71. The molecule has 2 aliphatic rings. The van der Waals surface area contributed by atoms with Crippen LogP contribution < -0.4 is 0 Å². The lowest BCUT2D eigenvalue weighted by Crippen LogP contribution is -2.48. The molecule has 0 unspecified atom stereocenters. The van der Waals surface area contributed by atoms with Gasteiger partial charge in [-0.05, 0) is 44.4 Å². The van der Waals surface area contributed by atoms with Gasteiger partial charge in [0.25, 0.3) is 0 Å². The highest BCUT2D eigenvalue weighted by Crippen LogP contribution is 2.29. The number of carbonyl (C=O) groups is 1. The standard InChI is InChI=1S/C21H23FN4O2/c1-2-10-25-11-5-9-18(25)21(27)26-12-4-7-16(14-26)20-23-19(24-28-20)15-6-3-8-17(22)13-15/h1,3,6,8,13,16,18H,4-5,7,9-12,14H2/t16-,18-/m0/s1. The minimum atomic E-state index is -0.341. The molecular formula is C21H23FN4O2. The highest BCUT2D eigenvalue weighted by atomic mass is 19.1. The first kappa shape index (κ1) is 18.6. The van der Waals surface area contributed by atoms with Crippen molar-refractivity contribution < 1.29 is 13.7 Å². The Morgan fingerprint density at radius 1 is 1.32 bits per heavy atom. The van der Waals surface area contributed by atoms with E-state index in [1.807, 2.05) is 4.90 Å². The quantitative estimate of drug-likeness (QED) is 0.761.